The van der Waals surface area contributed by atoms with Gasteiger partial charge in [0.2, 0.25) is 5.91 Å². The Labute approximate surface area is 175 Å². The van der Waals surface area contributed by atoms with Crippen LogP contribution in [0.4, 0.5) is 5.69 Å². The Kier molecular flexibility index (Phi) is 7.57. The summed E-state index contributed by atoms with van der Waals surface area (Å²) in [6.45, 7) is 2.65. The van der Waals surface area contributed by atoms with Gasteiger partial charge in [0.05, 0.1) is 11.7 Å². The van der Waals surface area contributed by atoms with Gasteiger partial charge in [0.1, 0.15) is 12.4 Å². The molecule has 7 nitrogen and oxygen atoms in total. The number of benzene rings is 2. The lowest BCUT2D eigenvalue weighted by molar-refractivity contribution is -0.115. The maximum absolute atomic E-state index is 12.2. The maximum Gasteiger partial charge on any atom is 0.338 e. The van der Waals surface area contributed by atoms with E-state index in [4.69, 9.17) is 14.2 Å². The summed E-state index contributed by atoms with van der Waals surface area (Å²) in [7, 11) is 0. The zero-order valence-electron chi connectivity index (χ0n) is 16.9. The van der Waals surface area contributed by atoms with Crippen molar-refractivity contribution in [2.75, 3.05) is 25.1 Å². The number of rotatable bonds is 9. The van der Waals surface area contributed by atoms with Gasteiger partial charge in [-0.2, -0.15) is 0 Å². The smallest absolute Gasteiger partial charge is 0.338 e. The van der Waals surface area contributed by atoms with Crippen LogP contribution in [0, 0.1) is 0 Å². The highest BCUT2D eigenvalue weighted by atomic mass is 16.5. The van der Waals surface area contributed by atoms with Crippen LogP contribution in [0.25, 0.3) is 0 Å². The van der Waals surface area contributed by atoms with Gasteiger partial charge < -0.3 is 19.5 Å². The van der Waals surface area contributed by atoms with Crippen LogP contribution in [-0.2, 0) is 14.3 Å². The van der Waals surface area contributed by atoms with E-state index >= 15 is 0 Å². The molecule has 2 aromatic carbocycles. The van der Waals surface area contributed by atoms with Crippen molar-refractivity contribution in [1.82, 2.24) is 0 Å². The second-order valence-electron chi connectivity index (χ2n) is 6.95. The molecule has 1 aliphatic rings. The molecule has 0 radical (unpaired) electrons. The van der Waals surface area contributed by atoms with E-state index < -0.39 is 5.97 Å². The minimum absolute atomic E-state index is 0.105. The average molecular weight is 411 g/mol. The molecule has 0 bridgehead atoms. The molecule has 0 aromatic heterocycles. The number of carbonyl (C=O) groups excluding carboxylic acids is 3. The van der Waals surface area contributed by atoms with Crippen LogP contribution < -0.4 is 10.1 Å². The van der Waals surface area contributed by atoms with Crippen molar-refractivity contribution in [3.8, 4) is 5.75 Å². The summed E-state index contributed by atoms with van der Waals surface area (Å²) < 4.78 is 16.3. The summed E-state index contributed by atoms with van der Waals surface area (Å²) in [5.41, 5.74) is 1.34. The molecule has 1 aliphatic heterocycles. The highest BCUT2D eigenvalue weighted by Crippen LogP contribution is 2.17. The first-order chi connectivity index (χ1) is 14.5. The SMILES string of the molecule is CCC(=O)Nc1ccc(C(=O)COC(=O)c2ccc(OC[C@@H]3CCCO3)cc2)cc1. The van der Waals surface area contributed by atoms with Gasteiger partial charge in [0, 0.05) is 24.3 Å². The predicted molar refractivity (Wildman–Crippen MR) is 111 cm³/mol. The Bertz CT molecular complexity index is 870. The number of nitrogens with one attached hydrogen (secondary N) is 1. The number of esters is 1. The molecule has 1 amide bonds. The number of hydrogen-bond acceptors (Lipinski definition) is 6. The van der Waals surface area contributed by atoms with E-state index in [2.05, 4.69) is 5.32 Å². The molecule has 0 spiro atoms. The normalized spacial score (nSPS) is 15.4. The predicted octanol–water partition coefficient (Wildman–Crippen LogP) is 3.63. The molecule has 3 rings (SSSR count). The molecule has 1 heterocycles. The van der Waals surface area contributed by atoms with Gasteiger partial charge >= 0.3 is 5.97 Å². The van der Waals surface area contributed by atoms with E-state index in [-0.39, 0.29) is 24.4 Å². The van der Waals surface area contributed by atoms with Crippen LogP contribution in [-0.4, -0.2) is 43.6 Å². The van der Waals surface area contributed by atoms with Gasteiger partial charge in [-0.25, -0.2) is 4.79 Å². The van der Waals surface area contributed by atoms with Crippen LogP contribution in [0.5, 0.6) is 5.75 Å². The van der Waals surface area contributed by atoms with E-state index in [9.17, 15) is 14.4 Å². The molecule has 158 valence electrons. The molecule has 0 unspecified atom stereocenters. The average Bonchev–Trinajstić information content (AvgIpc) is 3.30. The molecule has 1 saturated heterocycles. The Hall–Kier alpha value is -3.19. The minimum atomic E-state index is -0.583. The first-order valence-corrected chi connectivity index (χ1v) is 10.00. The van der Waals surface area contributed by atoms with Crippen molar-refractivity contribution in [2.24, 2.45) is 0 Å². The summed E-state index contributed by atoms with van der Waals surface area (Å²) in [6, 6.07) is 13.0. The maximum atomic E-state index is 12.2. The molecule has 0 aliphatic carbocycles. The van der Waals surface area contributed by atoms with Gasteiger partial charge in [0.15, 0.2) is 12.4 Å². The number of ether oxygens (including phenoxy) is 3. The summed E-state index contributed by atoms with van der Waals surface area (Å²) >= 11 is 0. The monoisotopic (exact) mass is 411 g/mol. The summed E-state index contributed by atoms with van der Waals surface area (Å²) in [4.78, 5) is 35.8. The number of ketones is 1. The molecule has 2 aromatic rings. The van der Waals surface area contributed by atoms with Gasteiger partial charge in [-0.1, -0.05) is 6.92 Å². The number of anilines is 1. The zero-order valence-corrected chi connectivity index (χ0v) is 16.9. The quantitative estimate of drug-likeness (QED) is 0.500. The number of amides is 1. The molecule has 1 atom stereocenters. The summed E-state index contributed by atoms with van der Waals surface area (Å²) in [5.74, 6) is -0.367. The minimum Gasteiger partial charge on any atom is -0.491 e. The van der Waals surface area contributed by atoms with Crippen LogP contribution in [0.2, 0.25) is 0 Å². The molecule has 0 saturated carbocycles. The Morgan fingerprint density at radius 1 is 1.03 bits per heavy atom. The van der Waals surface area contributed by atoms with E-state index in [1.807, 2.05) is 0 Å². The van der Waals surface area contributed by atoms with Crippen LogP contribution >= 0.6 is 0 Å². The second-order valence-corrected chi connectivity index (χ2v) is 6.95. The van der Waals surface area contributed by atoms with Crippen molar-refractivity contribution in [1.29, 1.82) is 0 Å². The van der Waals surface area contributed by atoms with Gasteiger partial charge in [0.25, 0.3) is 0 Å². The second kappa shape index (κ2) is 10.5. The van der Waals surface area contributed by atoms with Crippen molar-refractivity contribution >= 4 is 23.3 Å². The molecular formula is C23H25NO6. The molecule has 30 heavy (non-hydrogen) atoms. The van der Waals surface area contributed by atoms with Gasteiger partial charge in [-0.05, 0) is 61.4 Å². The number of Topliss-reactive ketones (excluding diaryl/α,β-unsaturated/α-hetero) is 1. The largest absolute Gasteiger partial charge is 0.491 e. The van der Waals surface area contributed by atoms with Crippen molar-refractivity contribution in [3.63, 3.8) is 0 Å². The van der Waals surface area contributed by atoms with Crippen molar-refractivity contribution in [2.45, 2.75) is 32.3 Å². The topological polar surface area (TPSA) is 90.9 Å². The van der Waals surface area contributed by atoms with E-state index in [1.54, 1.807) is 55.5 Å². The molecule has 1 N–H and O–H groups in total. The number of carbonyl (C=O) groups is 3. The lowest BCUT2D eigenvalue weighted by atomic mass is 10.1. The Morgan fingerprint density at radius 2 is 1.73 bits per heavy atom. The fourth-order valence-corrected chi connectivity index (χ4v) is 2.94. The lowest BCUT2D eigenvalue weighted by Crippen LogP contribution is -2.16. The van der Waals surface area contributed by atoms with Crippen LogP contribution in [0.15, 0.2) is 48.5 Å². The van der Waals surface area contributed by atoms with Gasteiger partial charge in [-0.3, -0.25) is 9.59 Å². The first-order valence-electron chi connectivity index (χ1n) is 10.00. The number of hydrogen-bond donors (Lipinski definition) is 1. The first kappa shape index (κ1) is 21.5. The molecule has 7 heteroatoms. The van der Waals surface area contributed by atoms with Gasteiger partial charge in [-0.15, -0.1) is 0 Å². The Morgan fingerprint density at radius 3 is 2.37 bits per heavy atom. The third kappa shape index (κ3) is 6.15. The van der Waals surface area contributed by atoms with Crippen LogP contribution in [0.1, 0.15) is 46.9 Å². The Balaban J connectivity index is 1.46. The summed E-state index contributed by atoms with van der Waals surface area (Å²) in [5, 5.41) is 2.71. The van der Waals surface area contributed by atoms with Crippen molar-refractivity contribution in [3.05, 3.63) is 59.7 Å². The third-order valence-corrected chi connectivity index (χ3v) is 4.70. The van der Waals surface area contributed by atoms with Crippen LogP contribution in [0.3, 0.4) is 0 Å². The molecule has 1 fully saturated rings. The summed E-state index contributed by atoms with van der Waals surface area (Å²) in [6.07, 6.45) is 2.54. The van der Waals surface area contributed by atoms with E-state index in [0.717, 1.165) is 19.4 Å². The highest BCUT2D eigenvalue weighted by Gasteiger charge is 2.16. The molecular weight excluding hydrogens is 386 g/mol. The standard InChI is InChI=1S/C23H25NO6/c1-2-22(26)24-18-9-5-16(6-10-18)21(25)15-30-23(27)17-7-11-19(12-8-17)29-14-20-4-3-13-28-20/h5-12,20H,2-4,13-15H2,1H3,(H,24,26)/t20-/m0/s1. The van der Waals surface area contributed by atoms with Crippen molar-refractivity contribution < 1.29 is 28.6 Å². The van der Waals surface area contributed by atoms with E-state index in [1.165, 1.54) is 0 Å². The third-order valence-electron chi connectivity index (χ3n) is 4.70. The lowest BCUT2D eigenvalue weighted by Gasteiger charge is -2.11. The highest BCUT2D eigenvalue weighted by molar-refractivity contribution is 6.00. The fourth-order valence-electron chi connectivity index (χ4n) is 2.94. The fraction of sp³-hybridized carbons (Fsp3) is 0.348. The van der Waals surface area contributed by atoms with E-state index in [0.29, 0.717) is 35.6 Å². The zero-order chi connectivity index (χ0) is 21.3.